The summed E-state index contributed by atoms with van der Waals surface area (Å²) in [5, 5.41) is 23.2. The van der Waals surface area contributed by atoms with Crippen LogP contribution in [0.15, 0.2) is 24.3 Å². The summed E-state index contributed by atoms with van der Waals surface area (Å²) in [7, 11) is 0. The van der Waals surface area contributed by atoms with Gasteiger partial charge in [-0.15, -0.1) is 0 Å². The maximum absolute atomic E-state index is 10.2. The van der Waals surface area contributed by atoms with Gasteiger partial charge in [-0.3, -0.25) is 0 Å². The second kappa shape index (κ2) is 7.92. The topological polar surface area (TPSA) is 52.5 Å². The molecule has 3 atom stereocenters. The maximum Gasteiger partial charge on any atom is 0.0914 e. The van der Waals surface area contributed by atoms with Crippen LogP contribution in [0.2, 0.25) is 0 Å². The molecule has 0 amide bonds. The number of benzene rings is 1. The highest BCUT2D eigenvalue weighted by Gasteiger charge is 2.20. The summed E-state index contributed by atoms with van der Waals surface area (Å²) in [5.74, 6) is 1.07. The summed E-state index contributed by atoms with van der Waals surface area (Å²) >= 11 is 0. The summed E-state index contributed by atoms with van der Waals surface area (Å²) in [5.41, 5.74) is 2.27. The van der Waals surface area contributed by atoms with E-state index in [2.05, 4.69) is 31.3 Å². The lowest BCUT2D eigenvalue weighted by Gasteiger charge is -2.26. The van der Waals surface area contributed by atoms with Gasteiger partial charge in [0.15, 0.2) is 0 Å². The fourth-order valence-corrected chi connectivity index (χ4v) is 3.09. The number of hydrogen-bond donors (Lipinski definition) is 3. The summed E-state index contributed by atoms with van der Waals surface area (Å²) in [6.07, 6.45) is 3.56. The first-order valence-electron chi connectivity index (χ1n) is 8.23. The molecule has 1 aromatic rings. The van der Waals surface area contributed by atoms with Crippen molar-refractivity contribution >= 4 is 0 Å². The zero-order valence-corrected chi connectivity index (χ0v) is 13.3. The molecule has 0 saturated heterocycles. The van der Waals surface area contributed by atoms with Gasteiger partial charge in [-0.25, -0.2) is 0 Å². The van der Waals surface area contributed by atoms with E-state index in [1.165, 1.54) is 12.0 Å². The van der Waals surface area contributed by atoms with E-state index in [4.69, 9.17) is 0 Å². The predicted molar refractivity (Wildman–Crippen MR) is 86.3 cm³/mol. The van der Waals surface area contributed by atoms with Crippen LogP contribution in [-0.2, 0) is 0 Å². The van der Waals surface area contributed by atoms with Gasteiger partial charge >= 0.3 is 0 Å². The Morgan fingerprint density at radius 2 is 1.81 bits per heavy atom. The lowest BCUT2D eigenvalue weighted by Crippen LogP contribution is -2.31. The first-order chi connectivity index (χ1) is 10.1. The van der Waals surface area contributed by atoms with E-state index >= 15 is 0 Å². The number of aliphatic hydroxyl groups is 2. The Labute approximate surface area is 128 Å². The van der Waals surface area contributed by atoms with Gasteiger partial charge in [-0.1, -0.05) is 44.5 Å². The quantitative estimate of drug-likeness (QED) is 0.755. The van der Waals surface area contributed by atoms with Crippen LogP contribution in [0.4, 0.5) is 0 Å². The molecule has 0 spiro atoms. The van der Waals surface area contributed by atoms with Gasteiger partial charge in [-0.05, 0) is 48.8 Å². The lowest BCUT2D eigenvalue weighted by molar-refractivity contribution is 0.0983. The van der Waals surface area contributed by atoms with E-state index in [1.54, 1.807) is 0 Å². The molecule has 3 nitrogen and oxygen atoms in total. The van der Waals surface area contributed by atoms with Gasteiger partial charge in [0.25, 0.3) is 0 Å². The van der Waals surface area contributed by atoms with Crippen molar-refractivity contribution in [1.29, 1.82) is 0 Å². The van der Waals surface area contributed by atoms with Gasteiger partial charge in [0, 0.05) is 6.54 Å². The highest BCUT2D eigenvalue weighted by Crippen LogP contribution is 2.24. The van der Waals surface area contributed by atoms with Crippen molar-refractivity contribution in [2.24, 2.45) is 5.92 Å². The van der Waals surface area contributed by atoms with E-state index in [0.717, 1.165) is 31.4 Å². The molecule has 21 heavy (non-hydrogen) atoms. The van der Waals surface area contributed by atoms with Crippen molar-refractivity contribution in [2.45, 2.75) is 57.7 Å². The zero-order chi connectivity index (χ0) is 15.2. The molecule has 1 aliphatic rings. The molecule has 3 N–H and O–H groups in total. The van der Waals surface area contributed by atoms with Crippen LogP contribution in [0.25, 0.3) is 0 Å². The second-order valence-corrected chi connectivity index (χ2v) is 6.68. The molecular weight excluding hydrogens is 262 g/mol. The Kier molecular flexibility index (Phi) is 6.22. The predicted octanol–water partition coefficient (Wildman–Crippen LogP) is 2.98. The molecule has 2 rings (SSSR count). The molecule has 0 aliphatic heterocycles. The van der Waals surface area contributed by atoms with Crippen molar-refractivity contribution in [1.82, 2.24) is 5.32 Å². The molecule has 0 radical (unpaired) electrons. The summed E-state index contributed by atoms with van der Waals surface area (Å²) in [6, 6.07) is 8.24. The van der Waals surface area contributed by atoms with Crippen molar-refractivity contribution in [3.05, 3.63) is 35.4 Å². The van der Waals surface area contributed by atoms with Gasteiger partial charge in [0.2, 0.25) is 0 Å². The highest BCUT2D eigenvalue weighted by molar-refractivity contribution is 5.26. The van der Waals surface area contributed by atoms with Crippen molar-refractivity contribution in [2.75, 3.05) is 13.1 Å². The molecule has 118 valence electrons. The SMILES string of the molecule is CC(C)c1ccc(C(O)CNCC2CCCC(O)C2)cc1. The monoisotopic (exact) mass is 291 g/mol. The van der Waals surface area contributed by atoms with Crippen LogP contribution in [0.5, 0.6) is 0 Å². The summed E-state index contributed by atoms with van der Waals surface area (Å²) in [6.45, 7) is 5.81. The summed E-state index contributed by atoms with van der Waals surface area (Å²) in [4.78, 5) is 0. The van der Waals surface area contributed by atoms with Crippen LogP contribution >= 0.6 is 0 Å². The zero-order valence-electron chi connectivity index (χ0n) is 13.3. The average Bonchev–Trinajstić information content (AvgIpc) is 2.47. The molecule has 1 aromatic carbocycles. The third-order valence-electron chi connectivity index (χ3n) is 4.51. The third-order valence-corrected chi connectivity index (χ3v) is 4.51. The molecule has 0 aromatic heterocycles. The fourth-order valence-electron chi connectivity index (χ4n) is 3.09. The van der Waals surface area contributed by atoms with Crippen molar-refractivity contribution in [3.8, 4) is 0 Å². The first kappa shape index (κ1) is 16.5. The third kappa shape index (κ3) is 5.10. The first-order valence-corrected chi connectivity index (χ1v) is 8.23. The van der Waals surface area contributed by atoms with Crippen LogP contribution < -0.4 is 5.32 Å². The molecule has 1 saturated carbocycles. The number of nitrogens with one attached hydrogen (secondary N) is 1. The van der Waals surface area contributed by atoms with Gasteiger partial charge in [0.05, 0.1) is 12.2 Å². The van der Waals surface area contributed by atoms with Crippen molar-refractivity contribution < 1.29 is 10.2 Å². The minimum atomic E-state index is -0.459. The van der Waals surface area contributed by atoms with Gasteiger partial charge in [-0.2, -0.15) is 0 Å². The minimum absolute atomic E-state index is 0.126. The van der Waals surface area contributed by atoms with Gasteiger partial charge in [0.1, 0.15) is 0 Å². The number of rotatable bonds is 6. The Balaban J connectivity index is 1.75. The largest absolute Gasteiger partial charge is 0.393 e. The number of hydrogen-bond acceptors (Lipinski definition) is 3. The Hall–Kier alpha value is -0.900. The maximum atomic E-state index is 10.2. The van der Waals surface area contributed by atoms with Crippen LogP contribution in [0, 0.1) is 5.92 Å². The normalized spacial score (nSPS) is 24.2. The molecule has 0 heterocycles. The summed E-state index contributed by atoms with van der Waals surface area (Å²) < 4.78 is 0. The highest BCUT2D eigenvalue weighted by atomic mass is 16.3. The molecule has 3 unspecified atom stereocenters. The van der Waals surface area contributed by atoms with Crippen LogP contribution in [0.1, 0.15) is 62.7 Å². The molecule has 1 fully saturated rings. The Morgan fingerprint density at radius 1 is 1.14 bits per heavy atom. The molecule has 1 aliphatic carbocycles. The Morgan fingerprint density at radius 3 is 2.43 bits per heavy atom. The molecular formula is C18H29NO2. The van der Waals surface area contributed by atoms with E-state index in [-0.39, 0.29) is 6.10 Å². The Bertz CT molecular complexity index is 416. The van der Waals surface area contributed by atoms with E-state index < -0.39 is 6.10 Å². The number of aliphatic hydroxyl groups excluding tert-OH is 2. The lowest BCUT2D eigenvalue weighted by atomic mass is 9.87. The smallest absolute Gasteiger partial charge is 0.0914 e. The second-order valence-electron chi connectivity index (χ2n) is 6.68. The molecule has 3 heteroatoms. The standard InChI is InChI=1S/C18H29NO2/c1-13(2)15-6-8-16(9-7-15)18(21)12-19-11-14-4-3-5-17(20)10-14/h6-9,13-14,17-21H,3-5,10-12H2,1-2H3. The van der Waals surface area contributed by atoms with E-state index in [1.807, 2.05) is 12.1 Å². The van der Waals surface area contributed by atoms with Gasteiger partial charge < -0.3 is 15.5 Å². The van der Waals surface area contributed by atoms with Crippen LogP contribution in [0.3, 0.4) is 0 Å². The fraction of sp³-hybridized carbons (Fsp3) is 0.667. The van der Waals surface area contributed by atoms with E-state index in [9.17, 15) is 10.2 Å². The van der Waals surface area contributed by atoms with Crippen molar-refractivity contribution in [3.63, 3.8) is 0 Å². The molecule has 0 bridgehead atoms. The van der Waals surface area contributed by atoms with Crippen LogP contribution in [-0.4, -0.2) is 29.4 Å². The van der Waals surface area contributed by atoms with E-state index in [0.29, 0.717) is 18.4 Å². The average molecular weight is 291 g/mol. The minimum Gasteiger partial charge on any atom is -0.393 e.